The van der Waals surface area contributed by atoms with E-state index in [2.05, 4.69) is 5.32 Å². The molecule has 3 amide bonds. The Morgan fingerprint density at radius 3 is 2.05 bits per heavy atom. The van der Waals surface area contributed by atoms with Crippen molar-refractivity contribution in [3.8, 4) is 5.75 Å². The van der Waals surface area contributed by atoms with Crippen LogP contribution in [-0.2, 0) is 14.3 Å². The molecule has 0 aromatic heterocycles. The maximum atomic E-state index is 13.2. The molecule has 0 spiro atoms. The molecule has 0 aliphatic carbocycles. The summed E-state index contributed by atoms with van der Waals surface area (Å²) in [5, 5.41) is 12.5. The van der Waals surface area contributed by atoms with Crippen LogP contribution in [0.5, 0.6) is 5.75 Å². The number of nitrogens with one attached hydrogen (secondary N) is 1. The third-order valence-electron chi connectivity index (χ3n) is 5.43. The number of nitro benzene ring substituents is 1. The lowest BCUT2D eigenvalue weighted by Crippen LogP contribution is -2.47. The number of esters is 1. The number of carbonyl (C=O) groups is 4. The van der Waals surface area contributed by atoms with Gasteiger partial charge in [0.1, 0.15) is 17.5 Å². The van der Waals surface area contributed by atoms with Crippen LogP contribution in [0, 0.1) is 16.0 Å². The predicted octanol–water partition coefficient (Wildman–Crippen LogP) is 5.41. The van der Waals surface area contributed by atoms with E-state index >= 15 is 0 Å². The first-order valence-electron chi connectivity index (χ1n) is 10.8. The quantitative estimate of drug-likeness (QED) is 0.0995. The summed E-state index contributed by atoms with van der Waals surface area (Å²) in [5.74, 6) is -3.83. The van der Waals surface area contributed by atoms with Crippen molar-refractivity contribution in [2.24, 2.45) is 5.92 Å². The fourth-order valence-corrected chi connectivity index (χ4v) is 4.74. The van der Waals surface area contributed by atoms with Gasteiger partial charge >= 0.3 is 5.97 Å². The fraction of sp³-hybridized carbons (Fsp3) is 0.304. The summed E-state index contributed by atoms with van der Waals surface area (Å²) in [7, 11) is 1.34. The lowest BCUT2D eigenvalue weighted by atomic mass is 10.0. The van der Waals surface area contributed by atoms with E-state index in [1.807, 2.05) is 0 Å². The van der Waals surface area contributed by atoms with E-state index in [1.54, 1.807) is 13.8 Å². The smallest absolute Gasteiger partial charge is 0.329 e. The van der Waals surface area contributed by atoms with Gasteiger partial charge in [-0.1, -0.05) is 60.3 Å². The van der Waals surface area contributed by atoms with E-state index < -0.39 is 47.0 Å². The molecule has 3 rings (SSSR count). The summed E-state index contributed by atoms with van der Waals surface area (Å²) in [5.41, 5.74) is -1.21. The van der Waals surface area contributed by atoms with Gasteiger partial charge in [-0.05, 0) is 18.4 Å². The second-order valence-electron chi connectivity index (χ2n) is 8.43. The minimum atomic E-state index is -1.45. The highest BCUT2D eigenvalue weighted by molar-refractivity contribution is 6.55. The molecule has 2 aromatic carbocycles. The van der Waals surface area contributed by atoms with Gasteiger partial charge < -0.3 is 14.8 Å². The molecule has 202 valence electrons. The monoisotopic (exact) mass is 605 g/mol. The highest BCUT2D eigenvalue weighted by atomic mass is 35.5. The Balaban J connectivity index is 1.83. The number of hydrogen-bond acceptors (Lipinski definition) is 8. The Labute approximate surface area is 236 Å². The van der Waals surface area contributed by atoms with Gasteiger partial charge in [-0.3, -0.25) is 29.4 Å². The van der Waals surface area contributed by atoms with Crippen LogP contribution in [0.15, 0.2) is 18.2 Å². The summed E-state index contributed by atoms with van der Waals surface area (Å²) in [6.07, 6.45) is -0.0238. The second-order valence-corrected chi connectivity index (χ2v) is 9.94. The minimum absolute atomic E-state index is 0.0238. The number of halogens is 4. The largest absolute Gasteiger partial charge is 0.497 e. The van der Waals surface area contributed by atoms with Crippen molar-refractivity contribution in [3.63, 3.8) is 0 Å². The molecule has 1 aliphatic rings. The number of benzene rings is 2. The van der Waals surface area contributed by atoms with Gasteiger partial charge in [0.15, 0.2) is 6.61 Å². The van der Waals surface area contributed by atoms with Crippen LogP contribution in [0.1, 0.15) is 41.0 Å². The maximum Gasteiger partial charge on any atom is 0.329 e. The zero-order valence-corrected chi connectivity index (χ0v) is 23.0. The van der Waals surface area contributed by atoms with Gasteiger partial charge in [0, 0.05) is 12.1 Å². The maximum absolute atomic E-state index is 13.2. The van der Waals surface area contributed by atoms with Crippen molar-refractivity contribution in [1.29, 1.82) is 0 Å². The van der Waals surface area contributed by atoms with E-state index in [1.165, 1.54) is 19.2 Å². The van der Waals surface area contributed by atoms with Gasteiger partial charge in [0.25, 0.3) is 23.4 Å². The van der Waals surface area contributed by atoms with E-state index in [4.69, 9.17) is 55.9 Å². The third-order valence-corrected chi connectivity index (χ3v) is 7.23. The molecule has 2 aromatic rings. The van der Waals surface area contributed by atoms with Crippen molar-refractivity contribution in [1.82, 2.24) is 4.90 Å². The van der Waals surface area contributed by atoms with Crippen LogP contribution in [-0.4, -0.2) is 53.3 Å². The van der Waals surface area contributed by atoms with Gasteiger partial charge in [0.05, 0.1) is 43.3 Å². The van der Waals surface area contributed by atoms with Crippen molar-refractivity contribution in [2.75, 3.05) is 19.0 Å². The van der Waals surface area contributed by atoms with Crippen LogP contribution in [0.4, 0.5) is 11.4 Å². The van der Waals surface area contributed by atoms with Crippen molar-refractivity contribution in [3.05, 3.63) is 59.5 Å². The van der Waals surface area contributed by atoms with Crippen LogP contribution in [0.25, 0.3) is 0 Å². The number of nitro groups is 1. The summed E-state index contributed by atoms with van der Waals surface area (Å²) < 4.78 is 10.1. The number of amides is 3. The van der Waals surface area contributed by atoms with E-state index in [0.29, 0.717) is 4.90 Å². The topological polar surface area (TPSA) is 145 Å². The first-order valence-corrected chi connectivity index (χ1v) is 12.3. The average molecular weight is 607 g/mol. The molecule has 0 bridgehead atoms. The normalized spacial score (nSPS) is 13.4. The Morgan fingerprint density at radius 2 is 1.58 bits per heavy atom. The highest BCUT2D eigenvalue weighted by Gasteiger charge is 2.47. The Hall–Kier alpha value is -3.12. The Bertz CT molecular complexity index is 1320. The third kappa shape index (κ3) is 5.65. The van der Waals surface area contributed by atoms with Gasteiger partial charge in [0.2, 0.25) is 0 Å². The molecule has 38 heavy (non-hydrogen) atoms. The highest BCUT2D eigenvalue weighted by Crippen LogP contribution is 2.45. The number of ether oxygens (including phenoxy) is 2. The van der Waals surface area contributed by atoms with Crippen LogP contribution in [0.2, 0.25) is 20.1 Å². The number of nitrogens with zero attached hydrogens (tertiary/aromatic N) is 2. The molecule has 1 N–H and O–H groups in total. The summed E-state index contributed by atoms with van der Waals surface area (Å²) in [6.45, 7) is 2.60. The summed E-state index contributed by atoms with van der Waals surface area (Å²) >= 11 is 24.4. The van der Waals surface area contributed by atoms with E-state index in [-0.39, 0.29) is 55.0 Å². The van der Waals surface area contributed by atoms with Gasteiger partial charge in [-0.15, -0.1) is 0 Å². The number of carbonyl (C=O) groups excluding carboxylic acids is 4. The minimum Gasteiger partial charge on any atom is -0.497 e. The SMILES string of the molecule is COc1ccc([N+](=O)[O-])c(NC(=O)COC(=O)[C@@H](CC(C)C)N2C(=O)c3c(Cl)c(Cl)c(Cl)c(Cl)c3C2=O)c1. The molecule has 0 radical (unpaired) electrons. The molecular weight excluding hydrogens is 588 g/mol. The van der Waals surface area contributed by atoms with Crippen LogP contribution in [0.3, 0.4) is 0 Å². The number of rotatable bonds is 9. The van der Waals surface area contributed by atoms with Crippen molar-refractivity contribution in [2.45, 2.75) is 26.3 Å². The van der Waals surface area contributed by atoms with Crippen molar-refractivity contribution < 1.29 is 33.6 Å². The van der Waals surface area contributed by atoms with Gasteiger partial charge in [-0.2, -0.15) is 0 Å². The molecule has 1 aliphatic heterocycles. The molecule has 0 fully saturated rings. The lowest BCUT2D eigenvalue weighted by molar-refractivity contribution is -0.383. The van der Waals surface area contributed by atoms with Gasteiger partial charge in [-0.25, -0.2) is 4.79 Å². The molecule has 15 heteroatoms. The number of imide groups is 1. The molecule has 0 saturated heterocycles. The number of methoxy groups -OCH3 is 1. The lowest BCUT2D eigenvalue weighted by Gasteiger charge is -2.25. The Morgan fingerprint density at radius 1 is 1.03 bits per heavy atom. The van der Waals surface area contributed by atoms with Crippen molar-refractivity contribution >= 4 is 81.5 Å². The number of hydrogen-bond donors (Lipinski definition) is 1. The fourth-order valence-electron chi connectivity index (χ4n) is 3.72. The van der Waals surface area contributed by atoms with E-state index in [9.17, 15) is 29.3 Å². The van der Waals surface area contributed by atoms with Crippen LogP contribution < -0.4 is 10.1 Å². The van der Waals surface area contributed by atoms with Crippen LogP contribution >= 0.6 is 46.4 Å². The molecule has 11 nitrogen and oxygen atoms in total. The number of fused-ring (bicyclic) bond motifs is 1. The first kappa shape index (κ1) is 29.4. The van der Waals surface area contributed by atoms with E-state index in [0.717, 1.165) is 6.07 Å². The summed E-state index contributed by atoms with van der Waals surface area (Å²) in [6, 6.07) is 2.25. The zero-order valence-electron chi connectivity index (χ0n) is 20.0. The second kappa shape index (κ2) is 11.7. The average Bonchev–Trinajstić information content (AvgIpc) is 3.12. The molecule has 0 unspecified atom stereocenters. The molecule has 1 heterocycles. The molecular formula is C23H19Cl4N3O8. The molecule has 0 saturated carbocycles. The zero-order chi connectivity index (χ0) is 28.5. The Kier molecular flexibility index (Phi) is 9.09. The standard InChI is InChI=1S/C23H19Cl4N3O8/c1-9(2)6-13(29-21(32)15-16(22(29)33)18(25)20(27)19(26)17(15)24)23(34)38-8-14(31)28-11-7-10(37-3)4-5-12(11)30(35)36/h4-5,7,9,13H,6,8H2,1-3H3,(H,28,31)/t13-/m1/s1. The predicted molar refractivity (Wildman–Crippen MR) is 139 cm³/mol. The first-order chi connectivity index (χ1) is 17.8. The number of anilines is 1. The molecule has 1 atom stereocenters. The summed E-state index contributed by atoms with van der Waals surface area (Å²) in [4.78, 5) is 63.1.